The van der Waals surface area contributed by atoms with Gasteiger partial charge in [0.15, 0.2) is 0 Å². The van der Waals surface area contributed by atoms with Gasteiger partial charge in [-0.1, -0.05) is 6.92 Å². The van der Waals surface area contributed by atoms with Crippen molar-refractivity contribution in [2.24, 2.45) is 5.92 Å². The van der Waals surface area contributed by atoms with Crippen LogP contribution in [-0.4, -0.2) is 20.4 Å². The number of hydrogen-bond acceptors (Lipinski definition) is 3. The first-order chi connectivity index (χ1) is 9.36. The van der Waals surface area contributed by atoms with Gasteiger partial charge in [-0.2, -0.15) is 0 Å². The van der Waals surface area contributed by atoms with Crippen LogP contribution in [0.1, 0.15) is 43.0 Å². The van der Waals surface area contributed by atoms with E-state index in [1.54, 1.807) is 0 Å². The van der Waals surface area contributed by atoms with Gasteiger partial charge in [-0.3, -0.25) is 4.79 Å². The minimum absolute atomic E-state index is 0.00204. The summed E-state index contributed by atoms with van der Waals surface area (Å²) in [4.78, 5) is 12.1. The molecular formula is C14H18ClNO3S. The lowest BCUT2D eigenvalue weighted by molar-refractivity contribution is 0.0923. The number of nitrogens with one attached hydrogen (secondary N) is 1. The second-order valence-corrected chi connectivity index (χ2v) is 7.96. The van der Waals surface area contributed by atoms with E-state index in [1.807, 2.05) is 0 Å². The van der Waals surface area contributed by atoms with Gasteiger partial charge < -0.3 is 5.32 Å². The molecule has 0 atom stereocenters. The highest BCUT2D eigenvalue weighted by Gasteiger charge is 2.20. The Morgan fingerprint density at radius 3 is 2.20 bits per heavy atom. The van der Waals surface area contributed by atoms with Crippen LogP contribution < -0.4 is 5.32 Å². The molecule has 0 aliphatic heterocycles. The summed E-state index contributed by atoms with van der Waals surface area (Å²) in [6.07, 6.45) is 4.27. The van der Waals surface area contributed by atoms with Gasteiger partial charge in [-0.05, 0) is 55.9 Å². The van der Waals surface area contributed by atoms with Gasteiger partial charge in [0.25, 0.3) is 15.0 Å². The van der Waals surface area contributed by atoms with E-state index in [9.17, 15) is 13.2 Å². The molecule has 6 heteroatoms. The zero-order chi connectivity index (χ0) is 14.8. The largest absolute Gasteiger partial charge is 0.349 e. The van der Waals surface area contributed by atoms with Crippen molar-refractivity contribution in [3.05, 3.63) is 29.8 Å². The lowest BCUT2D eigenvalue weighted by Gasteiger charge is -2.26. The molecule has 1 aromatic carbocycles. The summed E-state index contributed by atoms with van der Waals surface area (Å²) >= 11 is 0. The first-order valence-corrected chi connectivity index (χ1v) is 9.03. The molecule has 0 unspecified atom stereocenters. The van der Waals surface area contributed by atoms with E-state index in [4.69, 9.17) is 10.7 Å². The van der Waals surface area contributed by atoms with E-state index >= 15 is 0 Å². The highest BCUT2D eigenvalue weighted by atomic mass is 35.7. The molecule has 0 radical (unpaired) electrons. The van der Waals surface area contributed by atoms with Crippen molar-refractivity contribution in [2.45, 2.75) is 43.5 Å². The lowest BCUT2D eigenvalue weighted by Crippen LogP contribution is -2.37. The standard InChI is InChI=1S/C14H18ClNO3S/c1-10-2-6-12(7-3-10)16-14(17)11-4-8-13(9-5-11)20(15,18)19/h4-5,8-10,12H,2-3,6-7H2,1H3,(H,16,17). The lowest BCUT2D eigenvalue weighted by atomic mass is 9.87. The number of amides is 1. The zero-order valence-corrected chi connectivity index (χ0v) is 12.9. The molecule has 1 aliphatic rings. The Kier molecular flexibility index (Phi) is 4.70. The minimum atomic E-state index is -3.74. The van der Waals surface area contributed by atoms with Crippen LogP contribution in [0.25, 0.3) is 0 Å². The van der Waals surface area contributed by atoms with Crippen LogP contribution in [0, 0.1) is 5.92 Å². The van der Waals surface area contributed by atoms with Crippen LogP contribution >= 0.6 is 10.7 Å². The molecule has 0 bridgehead atoms. The second-order valence-electron chi connectivity index (χ2n) is 5.39. The van der Waals surface area contributed by atoms with Crippen molar-refractivity contribution >= 4 is 25.6 Å². The quantitative estimate of drug-likeness (QED) is 0.872. The summed E-state index contributed by atoms with van der Waals surface area (Å²) in [5, 5.41) is 2.99. The SMILES string of the molecule is CC1CCC(NC(=O)c2ccc(S(=O)(=O)Cl)cc2)CC1. The summed E-state index contributed by atoms with van der Waals surface area (Å²) in [6, 6.07) is 5.88. The van der Waals surface area contributed by atoms with E-state index in [0.717, 1.165) is 31.6 Å². The summed E-state index contributed by atoms with van der Waals surface area (Å²) < 4.78 is 22.3. The van der Waals surface area contributed by atoms with Gasteiger partial charge in [0.05, 0.1) is 4.90 Å². The van der Waals surface area contributed by atoms with Crippen LogP contribution in [0.15, 0.2) is 29.2 Å². The van der Waals surface area contributed by atoms with Crippen molar-refractivity contribution in [3.63, 3.8) is 0 Å². The molecule has 1 amide bonds. The number of rotatable bonds is 3. The summed E-state index contributed by atoms with van der Waals surface area (Å²) in [7, 11) is 1.49. The smallest absolute Gasteiger partial charge is 0.261 e. The molecule has 1 N–H and O–H groups in total. The Hall–Kier alpha value is -1.07. The molecule has 1 saturated carbocycles. The monoisotopic (exact) mass is 315 g/mol. The molecule has 1 fully saturated rings. The predicted molar refractivity (Wildman–Crippen MR) is 78.4 cm³/mol. The maximum atomic E-state index is 12.1. The average Bonchev–Trinajstić information content (AvgIpc) is 2.40. The minimum Gasteiger partial charge on any atom is -0.349 e. The summed E-state index contributed by atoms with van der Waals surface area (Å²) in [6.45, 7) is 2.23. The Bertz CT molecular complexity index is 575. The molecule has 0 spiro atoms. The van der Waals surface area contributed by atoms with Crippen LogP contribution in [0.2, 0.25) is 0 Å². The van der Waals surface area contributed by atoms with Gasteiger partial charge in [0, 0.05) is 22.3 Å². The van der Waals surface area contributed by atoms with Gasteiger partial charge >= 0.3 is 0 Å². The van der Waals surface area contributed by atoms with Crippen LogP contribution in [0.4, 0.5) is 0 Å². The fourth-order valence-electron chi connectivity index (χ4n) is 2.44. The number of carbonyl (C=O) groups is 1. The second kappa shape index (κ2) is 6.14. The molecule has 20 heavy (non-hydrogen) atoms. The fourth-order valence-corrected chi connectivity index (χ4v) is 3.21. The molecule has 2 rings (SSSR count). The molecule has 1 aliphatic carbocycles. The molecule has 4 nitrogen and oxygen atoms in total. The molecule has 0 aromatic heterocycles. The number of benzene rings is 1. The zero-order valence-electron chi connectivity index (χ0n) is 11.3. The molecule has 110 valence electrons. The molecular weight excluding hydrogens is 298 g/mol. The van der Waals surface area contributed by atoms with Crippen LogP contribution in [0.3, 0.4) is 0 Å². The van der Waals surface area contributed by atoms with Crippen molar-refractivity contribution < 1.29 is 13.2 Å². The summed E-state index contributed by atoms with van der Waals surface area (Å²) in [5.74, 6) is 0.569. The first kappa shape index (κ1) is 15.3. The third kappa shape index (κ3) is 3.96. The predicted octanol–water partition coefficient (Wildman–Crippen LogP) is 2.92. The van der Waals surface area contributed by atoms with Crippen molar-refractivity contribution in [3.8, 4) is 0 Å². The average molecular weight is 316 g/mol. The Balaban J connectivity index is 1.99. The van der Waals surface area contributed by atoms with E-state index in [-0.39, 0.29) is 16.8 Å². The highest BCUT2D eigenvalue weighted by Crippen LogP contribution is 2.23. The first-order valence-electron chi connectivity index (χ1n) is 6.72. The van der Waals surface area contributed by atoms with E-state index < -0.39 is 9.05 Å². The Morgan fingerprint density at radius 2 is 1.70 bits per heavy atom. The third-order valence-electron chi connectivity index (χ3n) is 3.75. The van der Waals surface area contributed by atoms with Gasteiger partial charge in [0.2, 0.25) is 0 Å². The van der Waals surface area contributed by atoms with Crippen molar-refractivity contribution in [1.29, 1.82) is 0 Å². The number of halogens is 1. The number of hydrogen-bond donors (Lipinski definition) is 1. The maximum Gasteiger partial charge on any atom is 0.261 e. The van der Waals surface area contributed by atoms with E-state index in [2.05, 4.69) is 12.2 Å². The van der Waals surface area contributed by atoms with E-state index in [1.165, 1.54) is 24.3 Å². The van der Waals surface area contributed by atoms with Crippen LogP contribution in [-0.2, 0) is 9.05 Å². The van der Waals surface area contributed by atoms with Crippen molar-refractivity contribution in [1.82, 2.24) is 5.32 Å². The maximum absolute atomic E-state index is 12.1. The van der Waals surface area contributed by atoms with Gasteiger partial charge in [-0.25, -0.2) is 8.42 Å². The fraction of sp³-hybridized carbons (Fsp3) is 0.500. The topological polar surface area (TPSA) is 63.2 Å². The molecule has 1 aromatic rings. The van der Waals surface area contributed by atoms with Crippen molar-refractivity contribution in [2.75, 3.05) is 0 Å². The molecule has 0 heterocycles. The third-order valence-corrected chi connectivity index (χ3v) is 5.12. The van der Waals surface area contributed by atoms with Gasteiger partial charge in [0.1, 0.15) is 0 Å². The Morgan fingerprint density at radius 1 is 1.15 bits per heavy atom. The Labute approximate surface area is 123 Å². The number of carbonyl (C=O) groups excluding carboxylic acids is 1. The summed E-state index contributed by atoms with van der Waals surface area (Å²) in [5.41, 5.74) is 0.452. The normalized spacial score (nSPS) is 23.3. The van der Waals surface area contributed by atoms with E-state index in [0.29, 0.717) is 5.56 Å². The van der Waals surface area contributed by atoms with Crippen LogP contribution in [0.5, 0.6) is 0 Å². The highest BCUT2D eigenvalue weighted by molar-refractivity contribution is 8.13. The van der Waals surface area contributed by atoms with Gasteiger partial charge in [-0.15, -0.1) is 0 Å². The molecule has 0 saturated heterocycles.